The Morgan fingerprint density at radius 3 is 2.16 bits per heavy atom. The molecule has 164 valence electrons. The minimum atomic E-state index is -0.415. The molecule has 1 saturated heterocycles. The van der Waals surface area contributed by atoms with Crippen molar-refractivity contribution in [2.24, 2.45) is 0 Å². The number of benzene rings is 3. The number of carbonyl (C=O) groups is 1. The molecule has 1 heterocycles. The number of aromatic hydroxyl groups is 1. The Bertz CT molecular complexity index is 1180. The largest absolute Gasteiger partial charge is 0.506 e. The third-order valence-corrected chi connectivity index (χ3v) is 8.29. The summed E-state index contributed by atoms with van der Waals surface area (Å²) in [5, 5.41) is 13.6. The van der Waals surface area contributed by atoms with Gasteiger partial charge in [0.25, 0.3) is 5.91 Å². The van der Waals surface area contributed by atoms with Crippen LogP contribution in [-0.2, 0) is 11.2 Å². The monoisotopic (exact) mass is 894 g/mol. The van der Waals surface area contributed by atoms with Crippen LogP contribution in [0.15, 0.2) is 54.6 Å². The molecule has 0 spiro atoms. The molecule has 4 rings (SSSR count). The summed E-state index contributed by atoms with van der Waals surface area (Å²) in [5.74, 6) is 1.62. The van der Waals surface area contributed by atoms with Crippen LogP contribution in [0.5, 0.6) is 17.2 Å². The third kappa shape index (κ3) is 5.27. The zero-order valence-electron chi connectivity index (χ0n) is 16.1. The number of para-hydroxylation sites is 1. The van der Waals surface area contributed by atoms with Gasteiger partial charge in [-0.1, -0.05) is 18.2 Å². The molecule has 1 aliphatic heterocycles. The van der Waals surface area contributed by atoms with Crippen molar-refractivity contribution in [3.05, 3.63) is 74.4 Å². The number of anilines is 1. The first kappa shape index (κ1) is 24.7. The molecule has 10 heteroatoms. The SMILES string of the molecule is O=C1[C@@H](Cc2cc(I)c(Oc3cc(I)c(O)c(I)c3)c(I)c2)NC(=S)N1c1ccccc1. The van der Waals surface area contributed by atoms with Crippen molar-refractivity contribution in [2.45, 2.75) is 12.5 Å². The van der Waals surface area contributed by atoms with Gasteiger partial charge in [-0.2, -0.15) is 0 Å². The molecule has 1 amide bonds. The van der Waals surface area contributed by atoms with Crippen molar-refractivity contribution in [3.8, 4) is 17.2 Å². The highest BCUT2D eigenvalue weighted by Crippen LogP contribution is 2.37. The number of phenolic OH excluding ortho intramolecular Hbond substituents is 1. The molecule has 1 atom stereocenters. The zero-order chi connectivity index (χ0) is 23.0. The van der Waals surface area contributed by atoms with Crippen LogP contribution in [0.25, 0.3) is 0 Å². The lowest BCUT2D eigenvalue weighted by molar-refractivity contribution is -0.118. The van der Waals surface area contributed by atoms with Gasteiger partial charge in [0.05, 0.1) is 20.0 Å². The fraction of sp³-hybridized carbons (Fsp3) is 0.0909. The summed E-state index contributed by atoms with van der Waals surface area (Å²) in [5.41, 5.74) is 1.79. The predicted molar refractivity (Wildman–Crippen MR) is 163 cm³/mol. The first-order valence-corrected chi connectivity index (χ1v) is 14.0. The van der Waals surface area contributed by atoms with Gasteiger partial charge in [-0.05, 0) is 145 Å². The predicted octanol–water partition coefficient (Wildman–Crippen LogP) is 6.44. The number of hydrogen-bond acceptors (Lipinski definition) is 4. The van der Waals surface area contributed by atoms with E-state index in [1.165, 1.54) is 0 Å². The minimum Gasteiger partial charge on any atom is -0.506 e. The van der Waals surface area contributed by atoms with E-state index >= 15 is 0 Å². The molecule has 0 aliphatic carbocycles. The second kappa shape index (κ2) is 10.4. The van der Waals surface area contributed by atoms with E-state index in [0.29, 0.717) is 17.3 Å². The van der Waals surface area contributed by atoms with E-state index in [0.717, 1.165) is 31.3 Å². The van der Waals surface area contributed by atoms with E-state index in [4.69, 9.17) is 17.0 Å². The van der Waals surface area contributed by atoms with Crippen LogP contribution in [0, 0.1) is 14.3 Å². The van der Waals surface area contributed by atoms with E-state index in [2.05, 4.69) is 95.7 Å². The summed E-state index contributed by atoms with van der Waals surface area (Å²) in [7, 11) is 0. The summed E-state index contributed by atoms with van der Waals surface area (Å²) < 4.78 is 9.49. The van der Waals surface area contributed by atoms with Crippen molar-refractivity contribution in [1.82, 2.24) is 5.32 Å². The van der Waals surface area contributed by atoms with Crippen molar-refractivity contribution >= 4 is 119 Å². The summed E-state index contributed by atoms with van der Waals surface area (Å²) in [6.45, 7) is 0. The van der Waals surface area contributed by atoms with Gasteiger partial charge in [-0.15, -0.1) is 0 Å². The number of nitrogens with zero attached hydrogens (tertiary/aromatic N) is 1. The normalized spacial score (nSPS) is 15.8. The van der Waals surface area contributed by atoms with Crippen LogP contribution in [0.1, 0.15) is 5.56 Å². The Morgan fingerprint density at radius 2 is 1.56 bits per heavy atom. The van der Waals surface area contributed by atoms with Gasteiger partial charge in [-0.3, -0.25) is 9.69 Å². The molecule has 3 aromatic carbocycles. The summed E-state index contributed by atoms with van der Waals surface area (Å²) >= 11 is 14.1. The Hall–Kier alpha value is -0.460. The molecule has 0 unspecified atom stereocenters. The molecule has 1 fully saturated rings. The van der Waals surface area contributed by atoms with Gasteiger partial charge in [0.15, 0.2) is 10.9 Å². The number of halogens is 4. The summed E-state index contributed by atoms with van der Waals surface area (Å²) in [6.07, 6.45) is 0.517. The Kier molecular flexibility index (Phi) is 8.04. The molecule has 2 N–H and O–H groups in total. The van der Waals surface area contributed by atoms with Crippen LogP contribution in [0.4, 0.5) is 5.69 Å². The molecule has 0 aromatic heterocycles. The number of phenols is 1. The quantitative estimate of drug-likeness (QED) is 0.229. The first-order chi connectivity index (χ1) is 15.2. The van der Waals surface area contributed by atoms with E-state index < -0.39 is 6.04 Å². The van der Waals surface area contributed by atoms with Gasteiger partial charge in [-0.25, -0.2) is 0 Å². The Balaban J connectivity index is 1.54. The maximum Gasteiger partial charge on any atom is 0.256 e. The molecule has 1 aliphatic rings. The van der Waals surface area contributed by atoms with Gasteiger partial charge in [0.2, 0.25) is 0 Å². The highest BCUT2D eigenvalue weighted by molar-refractivity contribution is 14.1. The number of hydrogen-bond donors (Lipinski definition) is 2. The van der Waals surface area contributed by atoms with Gasteiger partial charge in [0.1, 0.15) is 17.5 Å². The molecule has 0 saturated carbocycles. The van der Waals surface area contributed by atoms with Crippen LogP contribution in [-0.4, -0.2) is 22.2 Å². The zero-order valence-corrected chi connectivity index (χ0v) is 25.6. The fourth-order valence-electron chi connectivity index (χ4n) is 3.27. The average molecular weight is 894 g/mol. The lowest BCUT2D eigenvalue weighted by atomic mass is 10.1. The van der Waals surface area contributed by atoms with Gasteiger partial charge < -0.3 is 15.2 Å². The highest BCUT2D eigenvalue weighted by atomic mass is 127. The molecule has 0 radical (unpaired) electrons. The third-order valence-electron chi connectivity index (χ3n) is 4.74. The topological polar surface area (TPSA) is 61.8 Å². The summed E-state index contributed by atoms with van der Waals surface area (Å²) in [6, 6.07) is 16.7. The first-order valence-electron chi connectivity index (χ1n) is 9.28. The Labute approximate surface area is 245 Å². The number of ether oxygens (including phenoxy) is 1. The minimum absolute atomic E-state index is 0.0558. The number of carbonyl (C=O) groups excluding carboxylic acids is 1. The lowest BCUT2D eigenvalue weighted by Crippen LogP contribution is -2.32. The highest BCUT2D eigenvalue weighted by Gasteiger charge is 2.36. The van der Waals surface area contributed by atoms with Crippen LogP contribution in [0.3, 0.4) is 0 Å². The summed E-state index contributed by atoms with van der Waals surface area (Å²) in [4.78, 5) is 14.6. The van der Waals surface area contributed by atoms with E-state index in [1.54, 1.807) is 17.0 Å². The lowest BCUT2D eigenvalue weighted by Gasteiger charge is -2.15. The van der Waals surface area contributed by atoms with Crippen LogP contribution < -0.4 is 15.0 Å². The van der Waals surface area contributed by atoms with Crippen molar-refractivity contribution in [3.63, 3.8) is 0 Å². The molecule has 0 bridgehead atoms. The molecule has 5 nitrogen and oxygen atoms in total. The van der Waals surface area contributed by atoms with Crippen LogP contribution >= 0.6 is 103 Å². The maximum absolute atomic E-state index is 13.0. The van der Waals surface area contributed by atoms with Crippen molar-refractivity contribution < 1.29 is 14.6 Å². The van der Waals surface area contributed by atoms with E-state index in [1.807, 2.05) is 42.5 Å². The number of thiocarbonyl (C=S) groups is 1. The van der Waals surface area contributed by atoms with Gasteiger partial charge in [0, 0.05) is 6.42 Å². The fourth-order valence-corrected chi connectivity index (χ4v) is 7.44. The molecular formula is C22H14I4N2O3S. The van der Waals surface area contributed by atoms with Crippen LogP contribution in [0.2, 0.25) is 0 Å². The van der Waals surface area contributed by atoms with Crippen molar-refractivity contribution in [2.75, 3.05) is 4.90 Å². The van der Waals surface area contributed by atoms with Crippen molar-refractivity contribution in [1.29, 1.82) is 0 Å². The number of rotatable bonds is 5. The standard InChI is InChI=1S/C22H14I4N2O3S/c23-14-9-13(10-15(24)19(14)29)31-20-16(25)6-11(7-17(20)26)8-18-21(30)28(22(32)27-18)12-4-2-1-3-5-12/h1-7,9-10,18,29H,8H2,(H,27,32)/t18-/m1/s1. The smallest absolute Gasteiger partial charge is 0.256 e. The number of nitrogens with one attached hydrogen (secondary N) is 1. The second-order valence-electron chi connectivity index (χ2n) is 6.94. The molecular weight excluding hydrogens is 880 g/mol. The van der Waals surface area contributed by atoms with Gasteiger partial charge >= 0.3 is 0 Å². The maximum atomic E-state index is 13.0. The van der Waals surface area contributed by atoms with E-state index in [9.17, 15) is 9.90 Å². The Morgan fingerprint density at radius 1 is 0.969 bits per heavy atom. The average Bonchev–Trinajstić information content (AvgIpc) is 3.02. The second-order valence-corrected chi connectivity index (χ2v) is 12.0. The number of amides is 1. The van der Waals surface area contributed by atoms with E-state index in [-0.39, 0.29) is 11.7 Å². The molecule has 3 aromatic rings. The molecule has 32 heavy (non-hydrogen) atoms.